The predicted octanol–water partition coefficient (Wildman–Crippen LogP) is 4.08. The zero-order chi connectivity index (χ0) is 15.0. The Kier molecular flexibility index (Phi) is 3.38. The van der Waals surface area contributed by atoms with Crippen molar-refractivity contribution >= 4 is 28.9 Å². The van der Waals surface area contributed by atoms with Crippen LogP contribution in [0.3, 0.4) is 0 Å². The minimum atomic E-state index is -0.629. The summed E-state index contributed by atoms with van der Waals surface area (Å²) in [6, 6.07) is 15.5. The molecule has 0 spiro atoms. The smallest absolute Gasteiger partial charge is 0.252 e. The number of halogens is 1. The van der Waals surface area contributed by atoms with Crippen molar-refractivity contribution in [2.75, 3.05) is 10.2 Å². The maximum Gasteiger partial charge on any atom is 0.252 e. The highest BCUT2D eigenvalue weighted by atomic mass is 35.5. The second-order valence-electron chi connectivity index (χ2n) is 5.75. The van der Waals surface area contributed by atoms with Gasteiger partial charge in [-0.3, -0.25) is 4.79 Å². The molecule has 1 aliphatic heterocycles. The molecule has 0 radical (unpaired) electrons. The first kappa shape index (κ1) is 14.0. The molecule has 0 unspecified atom stereocenters. The van der Waals surface area contributed by atoms with Gasteiger partial charge in [0, 0.05) is 5.02 Å². The monoisotopic (exact) mass is 300 g/mol. The number of carbonyl (C=O) groups is 1. The molecule has 0 atom stereocenters. The highest BCUT2D eigenvalue weighted by Gasteiger charge is 2.38. The lowest BCUT2D eigenvalue weighted by molar-refractivity contribution is -0.122. The van der Waals surface area contributed by atoms with Gasteiger partial charge >= 0.3 is 0 Å². The summed E-state index contributed by atoms with van der Waals surface area (Å²) >= 11 is 6.24. The van der Waals surface area contributed by atoms with Crippen LogP contribution in [0.25, 0.3) is 0 Å². The number of benzene rings is 2. The normalized spacial score (nSPS) is 16.3. The van der Waals surface area contributed by atoms with Crippen LogP contribution in [-0.4, -0.2) is 11.4 Å². The molecule has 3 nitrogen and oxygen atoms in total. The van der Waals surface area contributed by atoms with Crippen molar-refractivity contribution in [3.8, 4) is 0 Å². The van der Waals surface area contributed by atoms with Gasteiger partial charge in [-0.05, 0) is 37.6 Å². The summed E-state index contributed by atoms with van der Waals surface area (Å²) in [7, 11) is 0. The Morgan fingerprint density at radius 3 is 2.52 bits per heavy atom. The number of rotatable bonds is 2. The molecule has 2 aromatic rings. The van der Waals surface area contributed by atoms with E-state index in [0.29, 0.717) is 11.6 Å². The Hall–Kier alpha value is -2.00. The summed E-state index contributed by atoms with van der Waals surface area (Å²) in [5.74, 6) is 0.0427. The molecule has 108 valence electrons. The van der Waals surface area contributed by atoms with Crippen LogP contribution < -0.4 is 10.2 Å². The molecule has 1 amide bonds. The van der Waals surface area contributed by atoms with Gasteiger partial charge in [0.1, 0.15) is 5.54 Å². The lowest BCUT2D eigenvalue weighted by Gasteiger charge is -2.40. The third-order valence-electron chi connectivity index (χ3n) is 3.71. The summed E-state index contributed by atoms with van der Waals surface area (Å²) in [5.41, 5.74) is 2.17. The molecule has 2 aromatic carbocycles. The Morgan fingerprint density at radius 1 is 1.10 bits per heavy atom. The van der Waals surface area contributed by atoms with Gasteiger partial charge in [-0.2, -0.15) is 0 Å². The van der Waals surface area contributed by atoms with Crippen LogP contribution in [-0.2, 0) is 11.3 Å². The lowest BCUT2D eigenvalue weighted by atomic mass is 9.97. The van der Waals surface area contributed by atoms with Crippen LogP contribution in [0.4, 0.5) is 11.4 Å². The minimum Gasteiger partial charge on any atom is -0.370 e. The number of para-hydroxylation sites is 2. The number of anilines is 2. The number of hydrogen-bond donors (Lipinski definition) is 1. The Labute approximate surface area is 129 Å². The number of nitrogens with zero attached hydrogens (tertiary/aromatic N) is 1. The van der Waals surface area contributed by atoms with E-state index in [2.05, 4.69) is 5.32 Å². The fraction of sp³-hybridized carbons (Fsp3) is 0.235. The molecular weight excluding hydrogens is 284 g/mol. The molecule has 0 aliphatic carbocycles. The van der Waals surface area contributed by atoms with E-state index in [9.17, 15) is 4.79 Å². The average Bonchev–Trinajstić information content (AvgIpc) is 2.45. The zero-order valence-electron chi connectivity index (χ0n) is 12.1. The largest absolute Gasteiger partial charge is 0.370 e. The molecule has 1 aliphatic rings. The van der Waals surface area contributed by atoms with Crippen molar-refractivity contribution in [3.63, 3.8) is 0 Å². The lowest BCUT2D eigenvalue weighted by Crippen LogP contribution is -2.53. The van der Waals surface area contributed by atoms with Gasteiger partial charge in [-0.15, -0.1) is 0 Å². The first-order valence-corrected chi connectivity index (χ1v) is 7.29. The molecule has 1 N–H and O–H groups in total. The van der Waals surface area contributed by atoms with Gasteiger partial charge < -0.3 is 10.2 Å². The van der Waals surface area contributed by atoms with Crippen LogP contribution in [0.15, 0.2) is 48.5 Å². The maximum atomic E-state index is 12.7. The van der Waals surface area contributed by atoms with E-state index in [0.717, 1.165) is 16.9 Å². The second-order valence-corrected chi connectivity index (χ2v) is 6.16. The molecule has 3 rings (SSSR count). The number of fused-ring (bicyclic) bond motifs is 1. The molecule has 4 heteroatoms. The van der Waals surface area contributed by atoms with Gasteiger partial charge in [0.15, 0.2) is 0 Å². The fourth-order valence-corrected chi connectivity index (χ4v) is 2.80. The highest BCUT2D eigenvalue weighted by molar-refractivity contribution is 6.31. The van der Waals surface area contributed by atoms with Crippen LogP contribution in [0.5, 0.6) is 0 Å². The standard InChI is InChI=1S/C17H17ClN2O/c1-17(2)16(21)20(11-12-7-3-4-8-13(12)18)15-10-6-5-9-14(15)19-17/h3-10,19H,11H2,1-2H3. The molecule has 21 heavy (non-hydrogen) atoms. The highest BCUT2D eigenvalue weighted by Crippen LogP contribution is 2.36. The fourth-order valence-electron chi connectivity index (χ4n) is 2.61. The number of nitrogens with one attached hydrogen (secondary N) is 1. The molecule has 0 saturated heterocycles. The van der Waals surface area contributed by atoms with Crippen LogP contribution in [0.2, 0.25) is 5.02 Å². The third kappa shape index (κ3) is 2.49. The molecule has 1 heterocycles. The average molecular weight is 301 g/mol. The second kappa shape index (κ2) is 5.08. The molecule has 0 saturated carbocycles. The Morgan fingerprint density at radius 2 is 1.76 bits per heavy atom. The summed E-state index contributed by atoms with van der Waals surface area (Å²) in [6.07, 6.45) is 0. The number of carbonyl (C=O) groups excluding carboxylic acids is 1. The summed E-state index contributed by atoms with van der Waals surface area (Å²) in [5, 5.41) is 3.97. The van der Waals surface area contributed by atoms with E-state index >= 15 is 0 Å². The van der Waals surface area contributed by atoms with Gasteiger partial charge in [-0.25, -0.2) is 0 Å². The van der Waals surface area contributed by atoms with Gasteiger partial charge in [0.2, 0.25) is 0 Å². The van der Waals surface area contributed by atoms with Crippen molar-refractivity contribution in [1.82, 2.24) is 0 Å². The summed E-state index contributed by atoms with van der Waals surface area (Å²) < 4.78 is 0. The van der Waals surface area contributed by atoms with Crippen molar-refractivity contribution < 1.29 is 4.79 Å². The SMILES string of the molecule is CC1(C)Nc2ccccc2N(Cc2ccccc2Cl)C1=O. The van der Waals surface area contributed by atoms with E-state index in [1.165, 1.54) is 0 Å². The van der Waals surface area contributed by atoms with Gasteiger partial charge in [-0.1, -0.05) is 41.9 Å². The number of hydrogen-bond acceptors (Lipinski definition) is 2. The first-order valence-electron chi connectivity index (χ1n) is 6.91. The number of amides is 1. The van der Waals surface area contributed by atoms with E-state index in [1.54, 1.807) is 4.90 Å². The first-order chi connectivity index (χ1) is 9.99. The van der Waals surface area contributed by atoms with E-state index in [1.807, 2.05) is 62.4 Å². The van der Waals surface area contributed by atoms with Crippen molar-refractivity contribution in [1.29, 1.82) is 0 Å². The van der Waals surface area contributed by atoms with Crippen molar-refractivity contribution in [2.45, 2.75) is 25.9 Å². The minimum absolute atomic E-state index is 0.0427. The van der Waals surface area contributed by atoms with Crippen molar-refractivity contribution in [2.24, 2.45) is 0 Å². The van der Waals surface area contributed by atoms with Crippen LogP contribution in [0.1, 0.15) is 19.4 Å². The van der Waals surface area contributed by atoms with Gasteiger partial charge in [0.25, 0.3) is 5.91 Å². The maximum absolute atomic E-state index is 12.7. The topological polar surface area (TPSA) is 32.3 Å². The van der Waals surface area contributed by atoms with E-state index < -0.39 is 5.54 Å². The third-order valence-corrected chi connectivity index (χ3v) is 4.08. The van der Waals surface area contributed by atoms with Crippen molar-refractivity contribution in [3.05, 3.63) is 59.1 Å². The molecule has 0 aromatic heterocycles. The molecular formula is C17H17ClN2O. The van der Waals surface area contributed by atoms with Crippen LogP contribution >= 0.6 is 11.6 Å². The molecule has 0 bridgehead atoms. The quantitative estimate of drug-likeness (QED) is 0.906. The molecule has 0 fully saturated rings. The van der Waals surface area contributed by atoms with Crippen LogP contribution in [0, 0.1) is 0 Å². The summed E-state index contributed by atoms with van der Waals surface area (Å²) in [4.78, 5) is 14.5. The van der Waals surface area contributed by atoms with E-state index in [4.69, 9.17) is 11.6 Å². The van der Waals surface area contributed by atoms with E-state index in [-0.39, 0.29) is 5.91 Å². The summed E-state index contributed by atoms with van der Waals surface area (Å²) in [6.45, 7) is 4.26. The predicted molar refractivity (Wildman–Crippen MR) is 86.8 cm³/mol. The Balaban J connectivity index is 2.04. The zero-order valence-corrected chi connectivity index (χ0v) is 12.8. The van der Waals surface area contributed by atoms with Gasteiger partial charge in [0.05, 0.1) is 17.9 Å². The Bertz CT molecular complexity index is 697.